The Labute approximate surface area is 112 Å². The smallest absolute Gasteiger partial charge is 0.0618 e. The van der Waals surface area contributed by atoms with E-state index in [1.165, 1.54) is 70.6 Å². The molecule has 0 aromatic rings. The van der Waals surface area contributed by atoms with Crippen molar-refractivity contribution in [2.75, 3.05) is 6.61 Å². The average Bonchev–Trinajstić information content (AvgIpc) is 2.25. The Hall–Kier alpha value is -0.0800. The van der Waals surface area contributed by atoms with Gasteiger partial charge in [0.1, 0.15) is 0 Å². The molecule has 104 valence electrons. The Morgan fingerprint density at radius 2 is 1.33 bits per heavy atom. The van der Waals surface area contributed by atoms with Crippen molar-refractivity contribution in [1.29, 1.82) is 0 Å². The predicted octanol–water partition coefficient (Wildman–Crippen LogP) is 3.24. The zero-order valence-corrected chi connectivity index (χ0v) is 11.7. The van der Waals surface area contributed by atoms with E-state index >= 15 is 0 Å². The van der Waals surface area contributed by atoms with Crippen LogP contribution in [0, 0.1) is 11.8 Å². The van der Waals surface area contributed by atoms with E-state index in [4.69, 9.17) is 0 Å². The second-order valence-corrected chi connectivity index (χ2v) is 6.93. The Kier molecular flexibility index (Phi) is 3.95. The van der Waals surface area contributed by atoms with E-state index in [0.29, 0.717) is 12.6 Å². The molecule has 3 fully saturated rings. The molecule has 3 aliphatic rings. The lowest BCUT2D eigenvalue weighted by Gasteiger charge is -2.54. The molecular weight excluding hydrogens is 222 g/mol. The van der Waals surface area contributed by atoms with Crippen LogP contribution in [0.15, 0.2) is 0 Å². The first-order valence-corrected chi connectivity index (χ1v) is 8.24. The maximum absolute atomic E-state index is 10.1. The Bertz CT molecular complexity index is 250. The molecular formula is C16H29NO. The zero-order chi connectivity index (χ0) is 12.4. The molecule has 18 heavy (non-hydrogen) atoms. The van der Waals surface area contributed by atoms with Crippen molar-refractivity contribution in [3.8, 4) is 0 Å². The van der Waals surface area contributed by atoms with Gasteiger partial charge in [0.15, 0.2) is 0 Å². The van der Waals surface area contributed by atoms with Crippen LogP contribution in [-0.4, -0.2) is 23.3 Å². The highest BCUT2D eigenvalue weighted by molar-refractivity contribution is 5.06. The van der Waals surface area contributed by atoms with Crippen molar-refractivity contribution in [1.82, 2.24) is 5.32 Å². The van der Waals surface area contributed by atoms with Gasteiger partial charge in [-0.1, -0.05) is 32.1 Å². The normalized spacial score (nSPS) is 27.8. The molecule has 0 saturated heterocycles. The summed E-state index contributed by atoms with van der Waals surface area (Å²) >= 11 is 0. The van der Waals surface area contributed by atoms with Crippen LogP contribution in [0.2, 0.25) is 0 Å². The van der Waals surface area contributed by atoms with Crippen molar-refractivity contribution in [3.05, 3.63) is 0 Å². The minimum Gasteiger partial charge on any atom is -0.394 e. The van der Waals surface area contributed by atoms with Gasteiger partial charge in [0.2, 0.25) is 0 Å². The van der Waals surface area contributed by atoms with Crippen LogP contribution >= 0.6 is 0 Å². The quantitative estimate of drug-likeness (QED) is 0.786. The summed E-state index contributed by atoms with van der Waals surface area (Å²) in [6.45, 7) is 0.374. The first-order valence-electron chi connectivity index (χ1n) is 8.24. The summed E-state index contributed by atoms with van der Waals surface area (Å²) in [4.78, 5) is 0. The fourth-order valence-corrected chi connectivity index (χ4v) is 4.35. The molecule has 3 rings (SSSR count). The molecule has 2 heteroatoms. The maximum Gasteiger partial charge on any atom is 0.0618 e. The van der Waals surface area contributed by atoms with Gasteiger partial charge in [0, 0.05) is 11.6 Å². The van der Waals surface area contributed by atoms with Gasteiger partial charge in [0.25, 0.3) is 0 Å². The van der Waals surface area contributed by atoms with Crippen molar-refractivity contribution in [2.45, 2.75) is 82.2 Å². The molecule has 0 atom stereocenters. The van der Waals surface area contributed by atoms with E-state index in [0.717, 1.165) is 11.8 Å². The monoisotopic (exact) mass is 251 g/mol. The molecule has 0 amide bonds. The molecule has 0 radical (unpaired) electrons. The summed E-state index contributed by atoms with van der Waals surface area (Å²) in [6, 6.07) is 0.687. The SMILES string of the molecule is OCC(NC1CCCCC1)(C1CCC1)C1CCC1. The van der Waals surface area contributed by atoms with Gasteiger partial charge in [-0.2, -0.15) is 0 Å². The first-order chi connectivity index (χ1) is 8.85. The van der Waals surface area contributed by atoms with Gasteiger partial charge in [-0.3, -0.25) is 0 Å². The highest BCUT2D eigenvalue weighted by Gasteiger charge is 2.49. The number of rotatable bonds is 5. The van der Waals surface area contributed by atoms with Gasteiger partial charge in [-0.25, -0.2) is 0 Å². The molecule has 2 N–H and O–H groups in total. The number of aliphatic hydroxyl groups is 1. The van der Waals surface area contributed by atoms with E-state index < -0.39 is 0 Å². The molecule has 3 saturated carbocycles. The van der Waals surface area contributed by atoms with E-state index in [1.807, 2.05) is 0 Å². The van der Waals surface area contributed by atoms with Crippen molar-refractivity contribution >= 4 is 0 Å². The zero-order valence-electron chi connectivity index (χ0n) is 11.7. The Morgan fingerprint density at radius 1 is 0.778 bits per heavy atom. The first kappa shape index (κ1) is 12.9. The highest BCUT2D eigenvalue weighted by Crippen LogP contribution is 2.47. The van der Waals surface area contributed by atoms with Crippen LogP contribution < -0.4 is 5.32 Å². The van der Waals surface area contributed by atoms with Crippen LogP contribution in [0.5, 0.6) is 0 Å². The highest BCUT2D eigenvalue weighted by atomic mass is 16.3. The molecule has 0 unspecified atom stereocenters. The third-order valence-corrected chi connectivity index (χ3v) is 6.01. The van der Waals surface area contributed by atoms with E-state index in [1.54, 1.807) is 0 Å². The van der Waals surface area contributed by atoms with Crippen molar-refractivity contribution < 1.29 is 5.11 Å². The summed E-state index contributed by atoms with van der Waals surface area (Å²) in [6.07, 6.45) is 15.0. The van der Waals surface area contributed by atoms with Crippen molar-refractivity contribution in [3.63, 3.8) is 0 Å². The lowest BCUT2D eigenvalue weighted by atomic mass is 9.59. The summed E-state index contributed by atoms with van der Waals surface area (Å²) in [5.41, 5.74) is 0.0957. The van der Waals surface area contributed by atoms with Crippen molar-refractivity contribution in [2.24, 2.45) is 11.8 Å². The van der Waals surface area contributed by atoms with E-state index in [9.17, 15) is 5.11 Å². The minimum absolute atomic E-state index is 0.0957. The molecule has 0 heterocycles. The maximum atomic E-state index is 10.1. The summed E-state index contributed by atoms with van der Waals surface area (Å²) < 4.78 is 0. The third kappa shape index (κ3) is 2.22. The average molecular weight is 251 g/mol. The third-order valence-electron chi connectivity index (χ3n) is 6.01. The lowest BCUT2D eigenvalue weighted by Crippen LogP contribution is -2.65. The molecule has 0 bridgehead atoms. The van der Waals surface area contributed by atoms with Crippen LogP contribution in [-0.2, 0) is 0 Å². The van der Waals surface area contributed by atoms with E-state index in [-0.39, 0.29) is 5.54 Å². The molecule has 0 aromatic carbocycles. The Morgan fingerprint density at radius 3 is 1.72 bits per heavy atom. The number of hydrogen-bond donors (Lipinski definition) is 2. The molecule has 0 aromatic heterocycles. The molecule has 0 aliphatic heterocycles. The van der Waals surface area contributed by atoms with E-state index in [2.05, 4.69) is 5.32 Å². The van der Waals surface area contributed by atoms with Gasteiger partial charge in [-0.15, -0.1) is 0 Å². The second-order valence-electron chi connectivity index (χ2n) is 6.93. The molecule has 0 spiro atoms. The lowest BCUT2D eigenvalue weighted by molar-refractivity contribution is -0.0272. The molecule has 2 nitrogen and oxygen atoms in total. The summed E-state index contributed by atoms with van der Waals surface area (Å²) in [5, 5.41) is 14.1. The van der Waals surface area contributed by atoms with Gasteiger partial charge in [0.05, 0.1) is 6.61 Å². The topological polar surface area (TPSA) is 32.3 Å². The fourth-order valence-electron chi connectivity index (χ4n) is 4.35. The van der Waals surface area contributed by atoms with Crippen LogP contribution in [0.4, 0.5) is 0 Å². The van der Waals surface area contributed by atoms with Crippen LogP contribution in [0.1, 0.15) is 70.6 Å². The van der Waals surface area contributed by atoms with Gasteiger partial charge < -0.3 is 10.4 Å². The summed E-state index contributed by atoms with van der Waals surface area (Å²) in [5.74, 6) is 1.52. The van der Waals surface area contributed by atoms with Crippen LogP contribution in [0.25, 0.3) is 0 Å². The van der Waals surface area contributed by atoms with Gasteiger partial charge in [-0.05, 0) is 50.4 Å². The predicted molar refractivity (Wildman–Crippen MR) is 74.5 cm³/mol. The number of hydrogen-bond acceptors (Lipinski definition) is 2. The summed E-state index contributed by atoms with van der Waals surface area (Å²) in [7, 11) is 0. The fraction of sp³-hybridized carbons (Fsp3) is 1.00. The van der Waals surface area contributed by atoms with Gasteiger partial charge >= 0.3 is 0 Å². The standard InChI is InChI=1S/C16H29NO/c18-12-16(13-6-4-7-13,14-8-5-9-14)17-15-10-2-1-3-11-15/h13-15,17-18H,1-12H2. The number of aliphatic hydroxyl groups excluding tert-OH is 1. The van der Waals surface area contributed by atoms with Crippen LogP contribution in [0.3, 0.4) is 0 Å². The Balaban J connectivity index is 1.70. The molecule has 3 aliphatic carbocycles. The minimum atomic E-state index is 0.0957. The largest absolute Gasteiger partial charge is 0.394 e. The number of nitrogens with one attached hydrogen (secondary N) is 1. The second kappa shape index (κ2) is 5.50.